The Morgan fingerprint density at radius 1 is 1.41 bits per heavy atom. The highest BCUT2D eigenvalue weighted by Crippen LogP contribution is 2.24. The lowest BCUT2D eigenvalue weighted by molar-refractivity contribution is 0.122. The van der Waals surface area contributed by atoms with Crippen LogP contribution >= 0.6 is 15.9 Å². The van der Waals surface area contributed by atoms with Gasteiger partial charge in [0.05, 0.1) is 17.1 Å². The summed E-state index contributed by atoms with van der Waals surface area (Å²) in [5.74, 6) is -0.208. The largest absolute Gasteiger partial charge is 0.380 e. The van der Waals surface area contributed by atoms with Crippen LogP contribution in [0.3, 0.4) is 0 Å². The molecule has 0 amide bonds. The second-order valence-corrected chi connectivity index (χ2v) is 4.66. The normalized spacial score (nSPS) is 12.7. The molecule has 0 radical (unpaired) electrons. The Morgan fingerprint density at radius 3 is 2.82 bits per heavy atom. The SMILES string of the molecule is CCCNC(COCC)c1cccc(Br)c1F. The first kappa shape index (κ1) is 14.6. The molecule has 0 fully saturated rings. The maximum atomic E-state index is 14.0. The van der Waals surface area contributed by atoms with Crippen LogP contribution in [0.2, 0.25) is 0 Å². The van der Waals surface area contributed by atoms with Crippen molar-refractivity contribution in [2.45, 2.75) is 26.3 Å². The maximum Gasteiger partial charge on any atom is 0.142 e. The molecule has 17 heavy (non-hydrogen) atoms. The van der Waals surface area contributed by atoms with Crippen LogP contribution in [-0.2, 0) is 4.74 Å². The Bertz CT molecular complexity index is 338. The number of ether oxygens (including phenoxy) is 1. The van der Waals surface area contributed by atoms with Gasteiger partial charge in [-0.2, -0.15) is 0 Å². The van der Waals surface area contributed by atoms with Gasteiger partial charge in [0, 0.05) is 12.2 Å². The third-order valence-corrected chi connectivity index (χ3v) is 3.10. The van der Waals surface area contributed by atoms with Gasteiger partial charge in [0.15, 0.2) is 0 Å². The van der Waals surface area contributed by atoms with E-state index in [2.05, 4.69) is 28.2 Å². The standard InChI is InChI=1S/C13H19BrFNO/c1-3-8-16-12(9-17-4-2)10-6-5-7-11(14)13(10)15/h5-7,12,16H,3-4,8-9H2,1-2H3. The average Bonchev–Trinajstić information content (AvgIpc) is 2.34. The van der Waals surface area contributed by atoms with E-state index in [0.29, 0.717) is 23.2 Å². The van der Waals surface area contributed by atoms with Crippen LogP contribution in [0.15, 0.2) is 22.7 Å². The monoisotopic (exact) mass is 303 g/mol. The minimum atomic E-state index is -0.208. The lowest BCUT2D eigenvalue weighted by atomic mass is 10.1. The molecule has 0 bridgehead atoms. The third kappa shape index (κ3) is 4.37. The summed E-state index contributed by atoms with van der Waals surface area (Å²) in [5, 5.41) is 3.30. The molecule has 0 saturated carbocycles. The molecular weight excluding hydrogens is 285 g/mol. The van der Waals surface area contributed by atoms with Crippen molar-refractivity contribution < 1.29 is 9.13 Å². The fourth-order valence-electron chi connectivity index (χ4n) is 1.60. The van der Waals surface area contributed by atoms with Crippen molar-refractivity contribution in [1.82, 2.24) is 5.32 Å². The summed E-state index contributed by atoms with van der Waals surface area (Å²) >= 11 is 3.21. The zero-order valence-electron chi connectivity index (χ0n) is 10.3. The highest BCUT2D eigenvalue weighted by molar-refractivity contribution is 9.10. The van der Waals surface area contributed by atoms with Crippen molar-refractivity contribution in [2.75, 3.05) is 19.8 Å². The van der Waals surface area contributed by atoms with Crippen molar-refractivity contribution in [2.24, 2.45) is 0 Å². The first-order chi connectivity index (χ1) is 8.20. The van der Waals surface area contributed by atoms with E-state index >= 15 is 0 Å². The van der Waals surface area contributed by atoms with E-state index in [-0.39, 0.29) is 11.9 Å². The van der Waals surface area contributed by atoms with E-state index in [9.17, 15) is 4.39 Å². The third-order valence-electron chi connectivity index (χ3n) is 2.49. The van der Waals surface area contributed by atoms with Gasteiger partial charge in [-0.3, -0.25) is 0 Å². The molecular formula is C13H19BrFNO. The fraction of sp³-hybridized carbons (Fsp3) is 0.538. The summed E-state index contributed by atoms with van der Waals surface area (Å²) in [5.41, 5.74) is 0.654. The summed E-state index contributed by atoms with van der Waals surface area (Å²) in [6.07, 6.45) is 1.01. The van der Waals surface area contributed by atoms with Gasteiger partial charge in [0.2, 0.25) is 0 Å². The van der Waals surface area contributed by atoms with Crippen molar-refractivity contribution in [3.05, 3.63) is 34.1 Å². The summed E-state index contributed by atoms with van der Waals surface area (Å²) in [7, 11) is 0. The van der Waals surface area contributed by atoms with Crippen LogP contribution < -0.4 is 5.32 Å². The van der Waals surface area contributed by atoms with Crippen molar-refractivity contribution in [1.29, 1.82) is 0 Å². The van der Waals surface area contributed by atoms with Crippen molar-refractivity contribution in [3.8, 4) is 0 Å². The molecule has 2 nitrogen and oxygen atoms in total. The molecule has 1 atom stereocenters. The molecule has 1 aromatic rings. The van der Waals surface area contributed by atoms with Crippen LogP contribution in [0, 0.1) is 5.82 Å². The Kier molecular flexibility index (Phi) is 6.70. The van der Waals surface area contributed by atoms with Crippen LogP contribution in [0.5, 0.6) is 0 Å². The number of halogens is 2. The molecule has 0 heterocycles. The second-order valence-electron chi connectivity index (χ2n) is 3.81. The van der Waals surface area contributed by atoms with Gasteiger partial charge in [-0.05, 0) is 41.9 Å². The van der Waals surface area contributed by atoms with Gasteiger partial charge in [0.1, 0.15) is 5.82 Å². The Labute approximate surface area is 111 Å². The minimum Gasteiger partial charge on any atom is -0.380 e. The van der Waals surface area contributed by atoms with E-state index in [1.54, 1.807) is 12.1 Å². The van der Waals surface area contributed by atoms with Gasteiger partial charge in [-0.15, -0.1) is 0 Å². The lowest BCUT2D eigenvalue weighted by Crippen LogP contribution is -2.27. The van der Waals surface area contributed by atoms with E-state index in [4.69, 9.17) is 4.74 Å². The van der Waals surface area contributed by atoms with Crippen LogP contribution in [0.1, 0.15) is 31.9 Å². The topological polar surface area (TPSA) is 21.3 Å². The molecule has 0 aromatic heterocycles. The lowest BCUT2D eigenvalue weighted by Gasteiger charge is -2.19. The predicted octanol–water partition coefficient (Wildman–Crippen LogP) is 3.67. The van der Waals surface area contributed by atoms with E-state index in [0.717, 1.165) is 13.0 Å². The predicted molar refractivity (Wildman–Crippen MR) is 71.6 cm³/mol. The first-order valence-corrected chi connectivity index (χ1v) is 6.75. The summed E-state index contributed by atoms with van der Waals surface area (Å²) in [6, 6.07) is 5.25. The number of rotatable bonds is 7. The molecule has 0 aliphatic rings. The number of hydrogen-bond acceptors (Lipinski definition) is 2. The van der Waals surface area contributed by atoms with Crippen molar-refractivity contribution in [3.63, 3.8) is 0 Å². The smallest absolute Gasteiger partial charge is 0.142 e. The number of benzene rings is 1. The number of hydrogen-bond donors (Lipinski definition) is 1. The summed E-state index contributed by atoms with van der Waals surface area (Å²) in [4.78, 5) is 0. The van der Waals surface area contributed by atoms with E-state index < -0.39 is 0 Å². The molecule has 1 unspecified atom stereocenters. The Morgan fingerprint density at radius 2 is 2.18 bits per heavy atom. The highest BCUT2D eigenvalue weighted by atomic mass is 79.9. The minimum absolute atomic E-state index is 0.0904. The van der Waals surface area contributed by atoms with E-state index in [1.165, 1.54) is 0 Å². The van der Waals surface area contributed by atoms with Gasteiger partial charge in [-0.25, -0.2) is 4.39 Å². The van der Waals surface area contributed by atoms with Gasteiger partial charge in [0.25, 0.3) is 0 Å². The molecule has 1 rings (SSSR count). The molecule has 1 aromatic carbocycles. The first-order valence-electron chi connectivity index (χ1n) is 5.95. The molecule has 96 valence electrons. The Balaban J connectivity index is 2.83. The Hall–Kier alpha value is -0.450. The highest BCUT2D eigenvalue weighted by Gasteiger charge is 2.16. The fourth-order valence-corrected chi connectivity index (χ4v) is 1.98. The molecule has 0 aliphatic carbocycles. The van der Waals surface area contributed by atoms with Crippen LogP contribution in [0.25, 0.3) is 0 Å². The maximum absolute atomic E-state index is 14.0. The molecule has 1 N–H and O–H groups in total. The summed E-state index contributed by atoms with van der Waals surface area (Å²) in [6.45, 7) is 6.00. The molecule has 0 saturated heterocycles. The zero-order chi connectivity index (χ0) is 12.7. The summed E-state index contributed by atoms with van der Waals surface area (Å²) < 4.78 is 19.9. The van der Waals surface area contributed by atoms with Gasteiger partial charge in [-0.1, -0.05) is 19.1 Å². The molecule has 0 spiro atoms. The van der Waals surface area contributed by atoms with Crippen LogP contribution in [-0.4, -0.2) is 19.8 Å². The average molecular weight is 304 g/mol. The number of nitrogens with one attached hydrogen (secondary N) is 1. The second kappa shape index (κ2) is 7.80. The molecule has 0 aliphatic heterocycles. The quantitative estimate of drug-likeness (QED) is 0.830. The van der Waals surface area contributed by atoms with Crippen molar-refractivity contribution >= 4 is 15.9 Å². The van der Waals surface area contributed by atoms with E-state index in [1.807, 2.05) is 13.0 Å². The van der Waals surface area contributed by atoms with Gasteiger partial charge < -0.3 is 10.1 Å². The molecule has 4 heteroatoms. The van der Waals surface area contributed by atoms with Crippen LogP contribution in [0.4, 0.5) is 4.39 Å². The van der Waals surface area contributed by atoms with Gasteiger partial charge >= 0.3 is 0 Å². The zero-order valence-corrected chi connectivity index (χ0v) is 11.9.